The Morgan fingerprint density at radius 3 is 2.52 bits per heavy atom. The van der Waals surface area contributed by atoms with Crippen molar-refractivity contribution in [3.05, 3.63) is 92.3 Å². The van der Waals surface area contributed by atoms with Gasteiger partial charge in [-0.05, 0) is 60.5 Å². The van der Waals surface area contributed by atoms with Gasteiger partial charge in [0.15, 0.2) is 0 Å². The molecule has 1 heterocycles. The minimum atomic E-state index is -0.0907. The lowest BCUT2D eigenvalue weighted by Crippen LogP contribution is -2.04. The van der Waals surface area contributed by atoms with Gasteiger partial charge in [0.05, 0.1) is 10.0 Å². The summed E-state index contributed by atoms with van der Waals surface area (Å²) < 4.78 is 7.17. The highest BCUT2D eigenvalue weighted by Gasteiger charge is 2.21. The Balaban J connectivity index is 1.73. The molecule has 0 fully saturated rings. The molecule has 0 saturated heterocycles. The van der Waals surface area contributed by atoms with Gasteiger partial charge in [-0.25, -0.2) is 0 Å². The Bertz CT molecular complexity index is 1220. The topological polar surface area (TPSA) is 52.3 Å². The van der Waals surface area contributed by atoms with Crippen molar-refractivity contribution in [1.29, 1.82) is 0 Å². The second kappa shape index (κ2) is 8.07. The molecular formula is C23H17Cl2NO2S. The van der Waals surface area contributed by atoms with Crippen LogP contribution in [0.4, 0.5) is 5.69 Å². The van der Waals surface area contributed by atoms with Crippen molar-refractivity contribution in [3.8, 4) is 5.75 Å². The molecule has 2 N–H and O–H groups in total. The van der Waals surface area contributed by atoms with Crippen LogP contribution < -0.4 is 10.5 Å². The van der Waals surface area contributed by atoms with Gasteiger partial charge in [0.2, 0.25) is 5.78 Å². The summed E-state index contributed by atoms with van der Waals surface area (Å²) in [7, 11) is 0. The van der Waals surface area contributed by atoms with Gasteiger partial charge in [-0.3, -0.25) is 4.79 Å². The lowest BCUT2D eigenvalue weighted by molar-refractivity contribution is 0.103. The molecule has 6 heteroatoms. The zero-order valence-electron chi connectivity index (χ0n) is 15.5. The predicted octanol–water partition coefficient (Wildman–Crippen LogP) is 6.91. The van der Waals surface area contributed by atoms with Crippen LogP contribution >= 0.6 is 34.5 Å². The molecule has 4 rings (SSSR count). The fourth-order valence-electron chi connectivity index (χ4n) is 3.08. The molecule has 1 aromatic heterocycles. The molecule has 0 radical (unpaired) electrons. The number of ketones is 1. The number of ether oxygens (including phenoxy) is 1. The molecule has 0 aliphatic rings. The summed E-state index contributed by atoms with van der Waals surface area (Å²) in [6, 6.07) is 18.4. The minimum absolute atomic E-state index is 0.0907. The van der Waals surface area contributed by atoms with E-state index in [2.05, 4.69) is 0 Å². The van der Waals surface area contributed by atoms with Crippen molar-refractivity contribution >= 4 is 56.1 Å². The first-order chi connectivity index (χ1) is 14.0. The van der Waals surface area contributed by atoms with Gasteiger partial charge in [0.1, 0.15) is 17.2 Å². The summed E-state index contributed by atoms with van der Waals surface area (Å²) in [5.41, 5.74) is 8.72. The number of fused-ring (bicyclic) bond motifs is 1. The molecule has 0 spiro atoms. The van der Waals surface area contributed by atoms with E-state index in [9.17, 15) is 4.79 Å². The van der Waals surface area contributed by atoms with Gasteiger partial charge in [0.25, 0.3) is 0 Å². The molecule has 0 bridgehead atoms. The van der Waals surface area contributed by atoms with Crippen LogP contribution in [0.1, 0.15) is 26.4 Å². The van der Waals surface area contributed by atoms with Crippen LogP contribution in [0.3, 0.4) is 0 Å². The minimum Gasteiger partial charge on any atom is -0.487 e. The van der Waals surface area contributed by atoms with Crippen LogP contribution in [0.5, 0.6) is 5.75 Å². The van der Waals surface area contributed by atoms with Gasteiger partial charge >= 0.3 is 0 Å². The van der Waals surface area contributed by atoms with E-state index in [-0.39, 0.29) is 12.4 Å². The van der Waals surface area contributed by atoms with Crippen LogP contribution in [0.25, 0.3) is 10.1 Å². The van der Waals surface area contributed by atoms with Crippen LogP contribution in [0, 0.1) is 6.92 Å². The van der Waals surface area contributed by atoms with Crippen molar-refractivity contribution in [2.75, 3.05) is 5.73 Å². The highest BCUT2D eigenvalue weighted by atomic mass is 35.5. The molecule has 0 atom stereocenters. The number of nitrogens with two attached hydrogens (primary N) is 1. The fraction of sp³-hybridized carbons (Fsp3) is 0.0870. The van der Waals surface area contributed by atoms with E-state index < -0.39 is 0 Å². The molecule has 0 amide bonds. The number of nitrogen functional groups attached to an aromatic ring is 1. The first-order valence-corrected chi connectivity index (χ1v) is 10.5. The zero-order chi connectivity index (χ0) is 20.5. The second-order valence-electron chi connectivity index (χ2n) is 6.64. The smallest absolute Gasteiger partial charge is 0.206 e. The Kier molecular flexibility index (Phi) is 5.50. The Morgan fingerprint density at radius 2 is 1.76 bits per heavy atom. The van der Waals surface area contributed by atoms with Crippen LogP contribution in [-0.4, -0.2) is 5.78 Å². The first-order valence-electron chi connectivity index (χ1n) is 8.93. The Morgan fingerprint density at radius 1 is 1.03 bits per heavy atom. The molecule has 0 unspecified atom stereocenters. The van der Waals surface area contributed by atoms with Gasteiger partial charge in [-0.2, -0.15) is 0 Å². The fourth-order valence-corrected chi connectivity index (χ4v) is 4.58. The van der Waals surface area contributed by atoms with Crippen LogP contribution in [0.15, 0.2) is 60.7 Å². The third kappa shape index (κ3) is 3.84. The molecule has 0 aliphatic carbocycles. The van der Waals surface area contributed by atoms with E-state index in [0.29, 0.717) is 31.9 Å². The molecule has 3 nitrogen and oxygen atoms in total. The summed E-state index contributed by atoms with van der Waals surface area (Å²) in [6.07, 6.45) is 0. The molecule has 3 aromatic carbocycles. The Labute approximate surface area is 182 Å². The number of hydrogen-bond acceptors (Lipinski definition) is 4. The summed E-state index contributed by atoms with van der Waals surface area (Å²) >= 11 is 13.8. The van der Waals surface area contributed by atoms with E-state index in [0.717, 1.165) is 21.2 Å². The zero-order valence-corrected chi connectivity index (χ0v) is 17.9. The van der Waals surface area contributed by atoms with Crippen molar-refractivity contribution in [3.63, 3.8) is 0 Å². The Hall–Kier alpha value is -2.53. The lowest BCUT2D eigenvalue weighted by Gasteiger charge is -2.12. The quantitative estimate of drug-likeness (QED) is 0.270. The van der Waals surface area contributed by atoms with Gasteiger partial charge < -0.3 is 10.5 Å². The maximum Gasteiger partial charge on any atom is 0.206 e. The average Bonchev–Trinajstić information content (AvgIpc) is 3.10. The predicted molar refractivity (Wildman–Crippen MR) is 122 cm³/mol. The summed E-state index contributed by atoms with van der Waals surface area (Å²) in [6.45, 7) is 2.19. The number of carbonyl (C=O) groups is 1. The van der Waals surface area contributed by atoms with Gasteiger partial charge in [-0.1, -0.05) is 41.4 Å². The van der Waals surface area contributed by atoms with Crippen molar-refractivity contribution in [1.82, 2.24) is 0 Å². The summed E-state index contributed by atoms with van der Waals surface area (Å²) in [5, 5.41) is 1.93. The lowest BCUT2D eigenvalue weighted by atomic mass is 10.1. The number of carbonyl (C=O) groups excluding carboxylic acids is 1. The average molecular weight is 442 g/mol. The molecule has 29 heavy (non-hydrogen) atoms. The summed E-state index contributed by atoms with van der Waals surface area (Å²) in [4.78, 5) is 13.7. The van der Waals surface area contributed by atoms with E-state index in [1.807, 2.05) is 37.3 Å². The van der Waals surface area contributed by atoms with Crippen molar-refractivity contribution in [2.24, 2.45) is 0 Å². The third-order valence-corrected chi connectivity index (χ3v) is 6.80. The molecule has 146 valence electrons. The molecule has 4 aromatic rings. The number of halogens is 2. The molecule has 0 saturated carbocycles. The van der Waals surface area contributed by atoms with Crippen LogP contribution in [-0.2, 0) is 6.61 Å². The highest BCUT2D eigenvalue weighted by Crippen LogP contribution is 2.40. The number of anilines is 1. The standard InChI is InChI=1S/C23H17Cl2NO2S/c1-13-15(8-11-18(24)20(13)25)12-28-22-17-4-2-3-5-19(17)29-23(22)21(27)14-6-9-16(26)10-7-14/h2-11H,12,26H2,1H3. The monoisotopic (exact) mass is 441 g/mol. The van der Waals surface area contributed by atoms with Gasteiger partial charge in [-0.15, -0.1) is 11.3 Å². The SMILES string of the molecule is Cc1c(COc2c(C(=O)c3ccc(N)cc3)sc3ccccc23)ccc(Cl)c1Cl. The second-order valence-corrected chi connectivity index (χ2v) is 8.48. The number of thiophene rings is 1. The van der Waals surface area contributed by atoms with E-state index in [1.54, 1.807) is 30.3 Å². The maximum atomic E-state index is 13.2. The molecular weight excluding hydrogens is 425 g/mol. The highest BCUT2D eigenvalue weighted by molar-refractivity contribution is 7.21. The maximum absolute atomic E-state index is 13.2. The van der Waals surface area contributed by atoms with E-state index in [1.165, 1.54) is 11.3 Å². The van der Waals surface area contributed by atoms with E-state index in [4.69, 9.17) is 33.7 Å². The third-order valence-electron chi connectivity index (χ3n) is 4.75. The number of rotatable bonds is 5. The van der Waals surface area contributed by atoms with Crippen LogP contribution in [0.2, 0.25) is 10.0 Å². The number of hydrogen-bond donors (Lipinski definition) is 1. The van der Waals surface area contributed by atoms with Gasteiger partial charge in [0, 0.05) is 21.3 Å². The summed E-state index contributed by atoms with van der Waals surface area (Å²) in [5.74, 6) is 0.491. The normalized spacial score (nSPS) is 11.0. The molecule has 0 aliphatic heterocycles. The largest absolute Gasteiger partial charge is 0.487 e. The first kappa shape index (κ1) is 19.8. The van der Waals surface area contributed by atoms with Crippen molar-refractivity contribution < 1.29 is 9.53 Å². The van der Waals surface area contributed by atoms with E-state index >= 15 is 0 Å². The number of benzene rings is 3. The van der Waals surface area contributed by atoms with Crippen molar-refractivity contribution in [2.45, 2.75) is 13.5 Å².